The van der Waals surface area contributed by atoms with Gasteiger partial charge in [-0.2, -0.15) is 0 Å². The van der Waals surface area contributed by atoms with Crippen molar-refractivity contribution in [3.8, 4) is 0 Å². The van der Waals surface area contributed by atoms with Gasteiger partial charge in [-0.05, 0) is 17.7 Å². The fraction of sp³-hybridized carbons (Fsp3) is 0.562. The van der Waals surface area contributed by atoms with E-state index in [1.165, 1.54) is 0 Å². The highest BCUT2D eigenvalue weighted by Gasteiger charge is 2.23. The quantitative estimate of drug-likeness (QED) is 0.239. The number of benzene rings is 1. The molecule has 1 N–H and O–H groups in total. The van der Waals surface area contributed by atoms with Crippen LogP contribution in [-0.4, -0.2) is 62.1 Å². The fourth-order valence-corrected chi connectivity index (χ4v) is 3.55. The van der Waals surface area contributed by atoms with Crippen molar-refractivity contribution in [3.63, 3.8) is 0 Å². The number of rotatable bonds is 13. The van der Waals surface area contributed by atoms with Gasteiger partial charge in [-0.25, -0.2) is 0 Å². The van der Waals surface area contributed by atoms with Crippen LogP contribution < -0.4 is 5.32 Å². The molecule has 0 aromatic heterocycles. The lowest BCUT2D eigenvalue weighted by molar-refractivity contribution is 0.0189. The van der Waals surface area contributed by atoms with E-state index in [-0.39, 0.29) is 5.91 Å². The average Bonchev–Trinajstić information content (AvgIpc) is 3.03. The largest absolute Gasteiger partial charge is 0.379 e. The summed E-state index contributed by atoms with van der Waals surface area (Å²) in [4.78, 5) is 15.0. The summed E-state index contributed by atoms with van der Waals surface area (Å²) in [5, 5.41) is 6.09. The Balaban J connectivity index is 1.54. The van der Waals surface area contributed by atoms with E-state index in [1.54, 1.807) is 18.2 Å². The van der Waals surface area contributed by atoms with Crippen molar-refractivity contribution < 1.29 is 23.2 Å². The molecule has 2 rings (SSSR count). The molecule has 1 heterocycles. The standard InChI is InChI=1S/C16H22N4O5S/c17-20-19-4-5-23-6-7-24-8-9-25-10-11-26(22)15-3-1-2-13-14(15)12-18-16(13)21/h1-3H,4-12H2,(H,18,21). The Bertz CT molecular complexity index is 679. The molecule has 1 atom stereocenters. The molecule has 0 radical (unpaired) electrons. The monoisotopic (exact) mass is 382 g/mol. The van der Waals surface area contributed by atoms with Crippen LogP contribution in [0.2, 0.25) is 0 Å². The number of nitrogens with zero attached hydrogens (tertiary/aromatic N) is 3. The van der Waals surface area contributed by atoms with Crippen molar-refractivity contribution in [2.24, 2.45) is 5.11 Å². The molecule has 0 fully saturated rings. The third kappa shape index (κ3) is 6.40. The highest BCUT2D eigenvalue weighted by Crippen LogP contribution is 2.22. The maximum Gasteiger partial charge on any atom is 0.251 e. The van der Waals surface area contributed by atoms with Crippen LogP contribution in [0, 0.1) is 0 Å². The van der Waals surface area contributed by atoms with Crippen LogP contribution in [0.25, 0.3) is 10.4 Å². The zero-order chi connectivity index (χ0) is 18.6. The van der Waals surface area contributed by atoms with Gasteiger partial charge >= 0.3 is 0 Å². The number of nitrogens with one attached hydrogen (secondary N) is 1. The molecule has 0 bridgehead atoms. The molecule has 1 aromatic rings. The summed E-state index contributed by atoms with van der Waals surface area (Å²) in [6, 6.07) is 5.29. The third-order valence-electron chi connectivity index (χ3n) is 3.60. The van der Waals surface area contributed by atoms with Gasteiger partial charge in [0.25, 0.3) is 5.91 Å². The number of ether oxygens (including phenoxy) is 3. The van der Waals surface area contributed by atoms with E-state index in [2.05, 4.69) is 15.3 Å². The predicted molar refractivity (Wildman–Crippen MR) is 95.4 cm³/mol. The van der Waals surface area contributed by atoms with E-state index in [0.717, 1.165) is 5.56 Å². The average molecular weight is 382 g/mol. The minimum Gasteiger partial charge on any atom is -0.379 e. The summed E-state index contributed by atoms with van der Waals surface area (Å²) in [7, 11) is -1.21. The van der Waals surface area contributed by atoms with Crippen molar-refractivity contribution in [1.29, 1.82) is 0 Å². The topological polar surface area (TPSA) is 123 Å². The van der Waals surface area contributed by atoms with Crippen LogP contribution in [0.5, 0.6) is 0 Å². The van der Waals surface area contributed by atoms with Gasteiger partial charge in [-0.15, -0.1) is 0 Å². The van der Waals surface area contributed by atoms with E-state index in [9.17, 15) is 9.00 Å². The third-order valence-corrected chi connectivity index (χ3v) is 5.02. The first-order chi connectivity index (χ1) is 12.7. The van der Waals surface area contributed by atoms with Crippen LogP contribution in [0.4, 0.5) is 0 Å². The minimum atomic E-state index is -1.21. The maximum atomic E-state index is 12.4. The second kappa shape index (κ2) is 11.6. The van der Waals surface area contributed by atoms with Gasteiger partial charge in [0.15, 0.2) is 0 Å². The smallest absolute Gasteiger partial charge is 0.251 e. The van der Waals surface area contributed by atoms with Crippen molar-refractivity contribution in [3.05, 3.63) is 39.8 Å². The Morgan fingerprint density at radius 1 is 1.12 bits per heavy atom. The lowest BCUT2D eigenvalue weighted by atomic mass is 10.1. The van der Waals surface area contributed by atoms with Crippen molar-refractivity contribution >= 4 is 16.7 Å². The minimum absolute atomic E-state index is 0.117. The molecular formula is C16H22N4O5S. The first kappa shape index (κ1) is 20.3. The second-order valence-electron chi connectivity index (χ2n) is 5.31. The van der Waals surface area contributed by atoms with Crippen molar-refractivity contribution in [2.75, 3.05) is 51.9 Å². The van der Waals surface area contributed by atoms with E-state index in [4.69, 9.17) is 19.7 Å². The molecule has 0 saturated heterocycles. The van der Waals surface area contributed by atoms with Crippen LogP contribution in [0.1, 0.15) is 15.9 Å². The van der Waals surface area contributed by atoms with E-state index in [1.807, 2.05) is 0 Å². The number of carbonyl (C=O) groups is 1. The molecule has 1 aliphatic heterocycles. The van der Waals surface area contributed by atoms with Gasteiger partial charge in [-0.1, -0.05) is 11.2 Å². The number of hydrogen-bond acceptors (Lipinski definition) is 6. The first-order valence-corrected chi connectivity index (χ1v) is 9.58. The number of azide groups is 1. The van der Waals surface area contributed by atoms with Gasteiger partial charge in [0.1, 0.15) is 0 Å². The normalized spacial score (nSPS) is 13.8. The summed E-state index contributed by atoms with van der Waals surface area (Å²) < 4.78 is 28.4. The SMILES string of the molecule is [N-]=[N+]=NCCOCCOCCOCCS(=O)c1cccc2c1CNC2=O. The highest BCUT2D eigenvalue weighted by atomic mass is 32.2. The van der Waals surface area contributed by atoms with Gasteiger partial charge in [0.2, 0.25) is 0 Å². The first-order valence-electron chi connectivity index (χ1n) is 8.26. The van der Waals surface area contributed by atoms with Gasteiger partial charge in [-0.3, -0.25) is 9.00 Å². The molecule has 1 aromatic carbocycles. The second-order valence-corrected chi connectivity index (χ2v) is 6.85. The van der Waals surface area contributed by atoms with Gasteiger partial charge < -0.3 is 19.5 Å². The summed E-state index contributed by atoms with van der Waals surface area (Å²) in [6.45, 7) is 3.15. The Kier molecular flexibility index (Phi) is 9.08. The molecule has 1 amide bonds. The Hall–Kier alpha value is -1.97. The molecule has 0 saturated carbocycles. The Morgan fingerprint density at radius 2 is 1.81 bits per heavy atom. The fourth-order valence-electron chi connectivity index (χ4n) is 2.37. The molecular weight excluding hydrogens is 360 g/mol. The number of carbonyl (C=O) groups excluding carboxylic acids is 1. The Labute approximate surface area is 154 Å². The summed E-state index contributed by atoms with van der Waals surface area (Å²) >= 11 is 0. The van der Waals surface area contributed by atoms with Crippen LogP contribution in [0.3, 0.4) is 0 Å². The molecule has 1 aliphatic rings. The van der Waals surface area contributed by atoms with E-state index in [0.29, 0.717) is 68.9 Å². The van der Waals surface area contributed by atoms with Gasteiger partial charge in [0, 0.05) is 34.0 Å². The zero-order valence-electron chi connectivity index (χ0n) is 14.4. The highest BCUT2D eigenvalue weighted by molar-refractivity contribution is 7.85. The number of amides is 1. The molecule has 10 heteroatoms. The summed E-state index contributed by atoms with van der Waals surface area (Å²) in [6.07, 6.45) is 0. The molecule has 26 heavy (non-hydrogen) atoms. The van der Waals surface area contributed by atoms with Crippen LogP contribution in [-0.2, 0) is 31.6 Å². The van der Waals surface area contributed by atoms with Crippen LogP contribution in [0.15, 0.2) is 28.2 Å². The number of fused-ring (bicyclic) bond motifs is 1. The van der Waals surface area contributed by atoms with Crippen molar-refractivity contribution in [2.45, 2.75) is 11.4 Å². The predicted octanol–water partition coefficient (Wildman–Crippen LogP) is 1.40. The van der Waals surface area contributed by atoms with E-state index >= 15 is 0 Å². The Morgan fingerprint density at radius 3 is 2.54 bits per heavy atom. The lowest BCUT2D eigenvalue weighted by Crippen LogP contribution is -2.13. The summed E-state index contributed by atoms with van der Waals surface area (Å²) in [5.41, 5.74) is 9.51. The van der Waals surface area contributed by atoms with Crippen molar-refractivity contribution in [1.82, 2.24) is 5.32 Å². The molecule has 1 unspecified atom stereocenters. The molecule has 142 valence electrons. The zero-order valence-corrected chi connectivity index (χ0v) is 15.2. The maximum absolute atomic E-state index is 12.4. The molecule has 9 nitrogen and oxygen atoms in total. The van der Waals surface area contributed by atoms with E-state index < -0.39 is 10.8 Å². The lowest BCUT2D eigenvalue weighted by Gasteiger charge is -2.08. The summed E-state index contributed by atoms with van der Waals surface area (Å²) in [5.74, 6) is 0.252. The molecule has 0 spiro atoms. The van der Waals surface area contributed by atoms with Gasteiger partial charge in [0.05, 0.1) is 56.2 Å². The number of hydrogen-bond donors (Lipinski definition) is 1. The molecule has 0 aliphatic carbocycles. The van der Waals surface area contributed by atoms with Crippen LogP contribution >= 0.6 is 0 Å².